The first-order valence-corrected chi connectivity index (χ1v) is 10.1. The van der Waals surface area contributed by atoms with Crippen LogP contribution < -0.4 is 5.32 Å². The predicted octanol–water partition coefficient (Wildman–Crippen LogP) is 2.89. The Morgan fingerprint density at radius 2 is 1.90 bits per heavy atom. The van der Waals surface area contributed by atoms with Crippen LogP contribution in [-0.4, -0.2) is 39.6 Å². The molecule has 1 aliphatic heterocycles. The van der Waals surface area contributed by atoms with Crippen LogP contribution in [0.15, 0.2) is 24.3 Å². The summed E-state index contributed by atoms with van der Waals surface area (Å²) in [5.74, 6) is -0.290. The van der Waals surface area contributed by atoms with E-state index in [0.29, 0.717) is 51.0 Å². The molecule has 1 fully saturated rings. The van der Waals surface area contributed by atoms with Gasteiger partial charge in [0, 0.05) is 44.2 Å². The highest BCUT2D eigenvalue weighted by molar-refractivity contribution is 5.80. The maximum atomic E-state index is 13.6. The SMILES string of the molecule is Cc1cc(C)n(CCC(=O)N2CCC(C(=O)NCc3ccc(C)c(F)c3)CC2)n1. The lowest BCUT2D eigenvalue weighted by atomic mass is 9.95. The van der Waals surface area contributed by atoms with E-state index in [4.69, 9.17) is 0 Å². The number of carbonyl (C=O) groups is 2. The van der Waals surface area contributed by atoms with Crippen LogP contribution in [0.25, 0.3) is 0 Å². The minimum absolute atomic E-state index is 0.0271. The summed E-state index contributed by atoms with van der Waals surface area (Å²) in [6.45, 7) is 7.71. The molecule has 6 nitrogen and oxygen atoms in total. The number of nitrogens with one attached hydrogen (secondary N) is 1. The van der Waals surface area contributed by atoms with Gasteiger partial charge < -0.3 is 10.2 Å². The van der Waals surface area contributed by atoms with Gasteiger partial charge in [0.25, 0.3) is 0 Å². The molecule has 2 heterocycles. The highest BCUT2D eigenvalue weighted by atomic mass is 19.1. The number of likely N-dealkylation sites (tertiary alicyclic amines) is 1. The molecule has 0 spiro atoms. The molecule has 2 aromatic rings. The maximum Gasteiger partial charge on any atom is 0.224 e. The molecular weight excluding hydrogens is 371 g/mol. The summed E-state index contributed by atoms with van der Waals surface area (Å²) in [5.41, 5.74) is 3.35. The van der Waals surface area contributed by atoms with Gasteiger partial charge in [0.05, 0.1) is 5.69 Å². The van der Waals surface area contributed by atoms with Crippen molar-refractivity contribution >= 4 is 11.8 Å². The predicted molar refractivity (Wildman–Crippen MR) is 109 cm³/mol. The summed E-state index contributed by atoms with van der Waals surface area (Å²) in [6, 6.07) is 7.00. The lowest BCUT2D eigenvalue weighted by Crippen LogP contribution is -2.43. The summed E-state index contributed by atoms with van der Waals surface area (Å²) in [6.07, 6.45) is 1.72. The Balaban J connectivity index is 1.42. The van der Waals surface area contributed by atoms with E-state index >= 15 is 0 Å². The van der Waals surface area contributed by atoms with Crippen molar-refractivity contribution in [1.29, 1.82) is 0 Å². The monoisotopic (exact) mass is 400 g/mol. The van der Waals surface area contributed by atoms with E-state index < -0.39 is 0 Å². The first-order valence-electron chi connectivity index (χ1n) is 10.1. The number of hydrogen-bond donors (Lipinski definition) is 1. The molecule has 0 aliphatic carbocycles. The Morgan fingerprint density at radius 3 is 2.52 bits per heavy atom. The molecule has 29 heavy (non-hydrogen) atoms. The van der Waals surface area contributed by atoms with Gasteiger partial charge in [-0.2, -0.15) is 5.10 Å². The summed E-state index contributed by atoms with van der Waals surface area (Å²) < 4.78 is 15.5. The van der Waals surface area contributed by atoms with Gasteiger partial charge in [-0.1, -0.05) is 12.1 Å². The van der Waals surface area contributed by atoms with Crippen LogP contribution in [0.3, 0.4) is 0 Å². The maximum absolute atomic E-state index is 13.6. The van der Waals surface area contributed by atoms with Crippen molar-refractivity contribution < 1.29 is 14.0 Å². The first-order chi connectivity index (χ1) is 13.8. The topological polar surface area (TPSA) is 67.2 Å². The van der Waals surface area contributed by atoms with Gasteiger partial charge in [-0.15, -0.1) is 0 Å². The number of halogens is 1. The van der Waals surface area contributed by atoms with Crippen LogP contribution in [0.2, 0.25) is 0 Å². The van der Waals surface area contributed by atoms with Gasteiger partial charge in [0.1, 0.15) is 5.82 Å². The van der Waals surface area contributed by atoms with Gasteiger partial charge in [-0.25, -0.2) is 4.39 Å². The smallest absolute Gasteiger partial charge is 0.224 e. The summed E-state index contributed by atoms with van der Waals surface area (Å²) in [7, 11) is 0. The molecule has 2 amide bonds. The van der Waals surface area contributed by atoms with E-state index in [2.05, 4.69) is 10.4 Å². The highest BCUT2D eigenvalue weighted by Crippen LogP contribution is 2.19. The van der Waals surface area contributed by atoms with Crippen molar-refractivity contribution in [3.8, 4) is 0 Å². The van der Waals surface area contributed by atoms with Gasteiger partial charge in [0.2, 0.25) is 11.8 Å². The number of rotatable bonds is 6. The molecule has 1 aromatic carbocycles. The van der Waals surface area contributed by atoms with E-state index in [1.54, 1.807) is 13.0 Å². The van der Waals surface area contributed by atoms with Crippen LogP contribution in [0.1, 0.15) is 41.8 Å². The standard InChI is InChI=1S/C22H29FN4O2/c1-15-4-5-18(13-20(15)23)14-24-22(29)19-6-9-26(10-7-19)21(28)8-11-27-17(3)12-16(2)25-27/h4-5,12-13,19H,6-11,14H2,1-3H3,(H,24,29). The largest absolute Gasteiger partial charge is 0.352 e. The highest BCUT2D eigenvalue weighted by Gasteiger charge is 2.27. The minimum atomic E-state index is -0.260. The number of aromatic nitrogens is 2. The lowest BCUT2D eigenvalue weighted by molar-refractivity contribution is -0.135. The minimum Gasteiger partial charge on any atom is -0.352 e. The number of nitrogens with zero attached hydrogens (tertiary/aromatic N) is 3. The molecule has 1 aromatic heterocycles. The van der Waals surface area contributed by atoms with Crippen molar-refractivity contribution in [2.24, 2.45) is 5.92 Å². The number of aryl methyl sites for hydroxylation is 4. The Hall–Kier alpha value is -2.70. The summed E-state index contributed by atoms with van der Waals surface area (Å²) in [5, 5.41) is 7.28. The average molecular weight is 400 g/mol. The summed E-state index contributed by atoms with van der Waals surface area (Å²) in [4.78, 5) is 26.8. The second kappa shape index (κ2) is 9.20. The van der Waals surface area contributed by atoms with Crippen molar-refractivity contribution in [3.63, 3.8) is 0 Å². The number of amides is 2. The molecule has 0 saturated carbocycles. The molecule has 0 radical (unpaired) electrons. The van der Waals surface area contributed by atoms with Crippen LogP contribution in [0, 0.1) is 32.5 Å². The third-order valence-electron chi connectivity index (χ3n) is 5.56. The quantitative estimate of drug-likeness (QED) is 0.811. The van der Waals surface area contributed by atoms with E-state index in [1.165, 1.54) is 6.07 Å². The van der Waals surface area contributed by atoms with E-state index in [1.807, 2.05) is 35.6 Å². The van der Waals surface area contributed by atoms with Crippen molar-refractivity contribution in [2.75, 3.05) is 13.1 Å². The molecule has 1 N–H and O–H groups in total. The van der Waals surface area contributed by atoms with Crippen LogP contribution in [-0.2, 0) is 22.7 Å². The molecule has 0 atom stereocenters. The number of hydrogen-bond acceptors (Lipinski definition) is 3. The molecule has 0 unspecified atom stereocenters. The summed E-state index contributed by atoms with van der Waals surface area (Å²) >= 11 is 0. The number of piperidine rings is 1. The van der Waals surface area contributed by atoms with Crippen molar-refractivity contribution in [1.82, 2.24) is 20.0 Å². The molecule has 1 aliphatic rings. The van der Waals surface area contributed by atoms with Crippen LogP contribution >= 0.6 is 0 Å². The second-order valence-corrected chi connectivity index (χ2v) is 7.86. The third-order valence-corrected chi connectivity index (χ3v) is 5.56. The Bertz CT molecular complexity index is 885. The molecule has 1 saturated heterocycles. The second-order valence-electron chi connectivity index (χ2n) is 7.86. The van der Waals surface area contributed by atoms with E-state index in [0.717, 1.165) is 17.0 Å². The number of benzene rings is 1. The Kier molecular flexibility index (Phi) is 6.67. The fraction of sp³-hybridized carbons (Fsp3) is 0.500. The third kappa shape index (κ3) is 5.43. The zero-order valence-electron chi connectivity index (χ0n) is 17.4. The first kappa shape index (κ1) is 21.0. The molecule has 3 rings (SSSR count). The molecule has 7 heteroatoms. The van der Waals surface area contributed by atoms with Gasteiger partial charge in [-0.05, 0) is 56.9 Å². The van der Waals surface area contributed by atoms with Crippen molar-refractivity contribution in [3.05, 3.63) is 52.6 Å². The average Bonchev–Trinajstić information content (AvgIpc) is 3.04. The lowest BCUT2D eigenvalue weighted by Gasteiger charge is -2.31. The zero-order chi connectivity index (χ0) is 21.0. The Morgan fingerprint density at radius 1 is 1.17 bits per heavy atom. The zero-order valence-corrected chi connectivity index (χ0v) is 17.4. The van der Waals surface area contributed by atoms with Gasteiger partial charge in [-0.3, -0.25) is 14.3 Å². The van der Waals surface area contributed by atoms with Gasteiger partial charge >= 0.3 is 0 Å². The fourth-order valence-corrected chi connectivity index (χ4v) is 3.73. The number of carbonyl (C=O) groups excluding carboxylic acids is 2. The van der Waals surface area contributed by atoms with E-state index in [-0.39, 0.29) is 23.5 Å². The molecule has 156 valence electrons. The van der Waals surface area contributed by atoms with E-state index in [9.17, 15) is 14.0 Å². The normalized spacial score (nSPS) is 14.8. The van der Waals surface area contributed by atoms with Crippen molar-refractivity contribution in [2.45, 2.75) is 53.1 Å². The van der Waals surface area contributed by atoms with Crippen LogP contribution in [0.5, 0.6) is 0 Å². The van der Waals surface area contributed by atoms with Crippen LogP contribution in [0.4, 0.5) is 4.39 Å². The fourth-order valence-electron chi connectivity index (χ4n) is 3.73. The van der Waals surface area contributed by atoms with Gasteiger partial charge in [0.15, 0.2) is 0 Å². The molecule has 0 bridgehead atoms. The Labute approximate surface area is 171 Å². The molecular formula is C22H29FN4O2.